The Bertz CT molecular complexity index is 1180. The lowest BCUT2D eigenvalue weighted by atomic mass is 9.69. The second kappa shape index (κ2) is 9.79. The topological polar surface area (TPSA) is 96.0 Å². The molecule has 0 heterocycles. The van der Waals surface area contributed by atoms with Crippen molar-refractivity contribution in [2.75, 3.05) is 6.61 Å². The first-order valence-electron chi connectivity index (χ1n) is 11.8. The number of hydrogen-bond acceptors (Lipinski definition) is 7. The van der Waals surface area contributed by atoms with E-state index in [0.29, 0.717) is 23.5 Å². The summed E-state index contributed by atoms with van der Waals surface area (Å²) in [5.41, 5.74) is 2.30. The summed E-state index contributed by atoms with van der Waals surface area (Å²) in [5.74, 6) is -2.79. The van der Waals surface area contributed by atoms with Gasteiger partial charge in [0, 0.05) is 29.2 Å². The summed E-state index contributed by atoms with van der Waals surface area (Å²) in [5, 5.41) is 0. The Labute approximate surface area is 198 Å². The van der Waals surface area contributed by atoms with Crippen LogP contribution in [-0.4, -0.2) is 30.1 Å². The van der Waals surface area contributed by atoms with Crippen LogP contribution in [-0.2, 0) is 19.4 Å². The van der Waals surface area contributed by atoms with Crippen molar-refractivity contribution in [3.8, 4) is 5.75 Å². The molecule has 178 valence electrons. The number of ketones is 2. The molecule has 34 heavy (non-hydrogen) atoms. The maximum atomic E-state index is 13.3. The van der Waals surface area contributed by atoms with Crippen LogP contribution in [0.2, 0.25) is 0 Å². The fourth-order valence-corrected chi connectivity index (χ4v) is 4.77. The molecule has 2 aliphatic carbocycles. The zero-order chi connectivity index (χ0) is 24.4. The summed E-state index contributed by atoms with van der Waals surface area (Å²) >= 11 is 0. The average molecular weight is 465 g/mol. The summed E-state index contributed by atoms with van der Waals surface area (Å²) in [6.07, 6.45) is 6.65. The molecule has 1 unspecified atom stereocenters. The molecule has 0 aromatic heterocycles. The lowest BCUT2D eigenvalue weighted by Crippen LogP contribution is -2.33. The van der Waals surface area contributed by atoms with Crippen molar-refractivity contribution in [1.29, 1.82) is 0 Å². The van der Waals surface area contributed by atoms with Gasteiger partial charge in [-0.15, -0.1) is 0 Å². The van der Waals surface area contributed by atoms with Crippen LogP contribution in [0, 0.1) is 6.92 Å². The number of hydrogen-bond donors (Lipinski definition) is 0. The fraction of sp³-hybridized carbons (Fsp3) is 0.407. The van der Waals surface area contributed by atoms with Crippen molar-refractivity contribution >= 4 is 23.5 Å². The van der Waals surface area contributed by atoms with Gasteiger partial charge in [-0.3, -0.25) is 9.59 Å². The van der Waals surface area contributed by atoms with Crippen molar-refractivity contribution in [1.82, 2.24) is 0 Å². The number of carbonyl (C=O) groups is 4. The summed E-state index contributed by atoms with van der Waals surface area (Å²) < 4.78 is 5.94. The highest BCUT2D eigenvalue weighted by molar-refractivity contribution is 6.31. The van der Waals surface area contributed by atoms with E-state index in [9.17, 15) is 19.2 Å². The number of unbranched alkanes of at least 4 members (excludes halogenated alkanes) is 5. The standard InChI is InChI=1S/C27H28O7/c1-4-5-6-7-8-9-10-32-17-13-19-23-21(14-17)25(29)20-12-15(2)11-18(22(20)26(23)30)24(19)27(31)34-33-16(3)28/h11-14,24H,4-10H2,1-3H3. The normalized spacial score (nSPS) is 15.2. The van der Waals surface area contributed by atoms with Crippen LogP contribution in [0.5, 0.6) is 5.75 Å². The molecule has 0 saturated carbocycles. The maximum absolute atomic E-state index is 13.3. The number of rotatable bonds is 9. The van der Waals surface area contributed by atoms with Crippen LogP contribution in [0.15, 0.2) is 24.3 Å². The third-order valence-electron chi connectivity index (χ3n) is 6.26. The minimum atomic E-state index is -1.02. The van der Waals surface area contributed by atoms with E-state index in [2.05, 4.69) is 11.8 Å². The van der Waals surface area contributed by atoms with E-state index in [-0.39, 0.29) is 33.8 Å². The first-order chi connectivity index (χ1) is 16.3. The molecule has 0 fully saturated rings. The Morgan fingerprint density at radius 2 is 1.47 bits per heavy atom. The molecule has 0 amide bonds. The monoisotopic (exact) mass is 464 g/mol. The Hall–Kier alpha value is -3.48. The smallest absolute Gasteiger partial charge is 0.367 e. The van der Waals surface area contributed by atoms with E-state index in [1.807, 2.05) is 0 Å². The number of benzene rings is 2. The van der Waals surface area contributed by atoms with Crippen molar-refractivity contribution < 1.29 is 33.7 Å². The lowest BCUT2D eigenvalue weighted by Gasteiger charge is -2.32. The van der Waals surface area contributed by atoms with Crippen LogP contribution < -0.4 is 4.74 Å². The van der Waals surface area contributed by atoms with Crippen LogP contribution in [0.4, 0.5) is 0 Å². The highest BCUT2D eigenvalue weighted by Crippen LogP contribution is 2.46. The van der Waals surface area contributed by atoms with Gasteiger partial charge in [0.25, 0.3) is 0 Å². The lowest BCUT2D eigenvalue weighted by molar-refractivity contribution is -0.257. The number of aryl methyl sites for hydroxylation is 1. The predicted octanol–water partition coefficient (Wildman–Crippen LogP) is 4.98. The van der Waals surface area contributed by atoms with Crippen molar-refractivity contribution in [3.63, 3.8) is 0 Å². The van der Waals surface area contributed by atoms with Crippen LogP contribution in [0.25, 0.3) is 0 Å². The van der Waals surface area contributed by atoms with E-state index in [1.165, 1.54) is 19.3 Å². The predicted molar refractivity (Wildman–Crippen MR) is 123 cm³/mol. The average Bonchev–Trinajstić information content (AvgIpc) is 2.80. The Morgan fingerprint density at radius 3 is 2.18 bits per heavy atom. The molecule has 0 saturated heterocycles. The first kappa shape index (κ1) is 23.7. The summed E-state index contributed by atoms with van der Waals surface area (Å²) in [7, 11) is 0. The third kappa shape index (κ3) is 4.34. The van der Waals surface area contributed by atoms with Gasteiger partial charge >= 0.3 is 11.9 Å². The third-order valence-corrected chi connectivity index (χ3v) is 6.26. The number of ether oxygens (including phenoxy) is 1. The van der Waals surface area contributed by atoms with E-state index in [0.717, 1.165) is 31.7 Å². The van der Waals surface area contributed by atoms with Gasteiger partial charge in [0.15, 0.2) is 11.6 Å². The van der Waals surface area contributed by atoms with Crippen molar-refractivity contribution in [2.45, 2.75) is 65.2 Å². The molecule has 0 radical (unpaired) electrons. The van der Waals surface area contributed by atoms with E-state index >= 15 is 0 Å². The van der Waals surface area contributed by atoms with Crippen molar-refractivity contribution in [2.24, 2.45) is 0 Å². The molecular formula is C27H28O7. The van der Waals surface area contributed by atoms with E-state index < -0.39 is 17.9 Å². The molecule has 2 aliphatic rings. The molecular weight excluding hydrogens is 436 g/mol. The molecule has 0 N–H and O–H groups in total. The van der Waals surface area contributed by atoms with Gasteiger partial charge in [0.05, 0.1) is 6.61 Å². The molecule has 2 aromatic carbocycles. The summed E-state index contributed by atoms with van der Waals surface area (Å²) in [6.45, 7) is 5.55. The molecule has 0 aliphatic heterocycles. The second-order valence-corrected chi connectivity index (χ2v) is 8.90. The van der Waals surface area contributed by atoms with Crippen LogP contribution >= 0.6 is 0 Å². The van der Waals surface area contributed by atoms with Gasteiger partial charge in [-0.05, 0) is 42.7 Å². The van der Waals surface area contributed by atoms with Gasteiger partial charge in [-0.2, -0.15) is 0 Å². The van der Waals surface area contributed by atoms with Crippen LogP contribution in [0.3, 0.4) is 0 Å². The minimum Gasteiger partial charge on any atom is -0.494 e. The summed E-state index contributed by atoms with van der Waals surface area (Å²) in [4.78, 5) is 60.1. The Kier molecular flexibility index (Phi) is 6.82. The quantitative estimate of drug-likeness (QED) is 0.250. The zero-order valence-corrected chi connectivity index (χ0v) is 19.7. The van der Waals surface area contributed by atoms with Gasteiger partial charge < -0.3 is 4.74 Å². The van der Waals surface area contributed by atoms with Crippen LogP contribution in [0.1, 0.15) is 107 Å². The molecule has 7 heteroatoms. The molecule has 7 nitrogen and oxygen atoms in total. The maximum Gasteiger partial charge on any atom is 0.367 e. The largest absolute Gasteiger partial charge is 0.494 e. The zero-order valence-electron chi connectivity index (χ0n) is 19.7. The minimum absolute atomic E-state index is 0.186. The SMILES string of the molecule is CCCCCCCCOc1cc2c3c(c1)C(C(=O)OOC(C)=O)c1cc(C)cc(c1C3=O)C2=O. The second-order valence-electron chi connectivity index (χ2n) is 8.90. The Morgan fingerprint density at radius 1 is 0.824 bits per heavy atom. The highest BCUT2D eigenvalue weighted by atomic mass is 17.2. The first-order valence-corrected chi connectivity index (χ1v) is 11.8. The molecule has 0 spiro atoms. The van der Waals surface area contributed by atoms with Gasteiger partial charge in [0.2, 0.25) is 0 Å². The molecule has 4 rings (SSSR count). The van der Waals surface area contributed by atoms with Gasteiger partial charge in [0.1, 0.15) is 11.7 Å². The van der Waals surface area contributed by atoms with E-state index in [1.54, 1.807) is 31.2 Å². The number of carbonyl (C=O) groups excluding carboxylic acids is 4. The molecule has 1 atom stereocenters. The Balaban J connectivity index is 1.69. The van der Waals surface area contributed by atoms with Gasteiger partial charge in [-0.1, -0.05) is 50.7 Å². The molecule has 2 aromatic rings. The van der Waals surface area contributed by atoms with Gasteiger partial charge in [-0.25, -0.2) is 19.4 Å². The van der Waals surface area contributed by atoms with Crippen molar-refractivity contribution in [3.05, 3.63) is 63.2 Å². The molecule has 2 bridgehead atoms. The highest BCUT2D eigenvalue weighted by Gasteiger charge is 2.45. The van der Waals surface area contributed by atoms with E-state index in [4.69, 9.17) is 9.62 Å². The summed E-state index contributed by atoms with van der Waals surface area (Å²) in [6, 6.07) is 6.56. The fourth-order valence-electron chi connectivity index (χ4n) is 4.77.